The fraction of sp³-hybridized carbons (Fsp3) is 0.130. The third kappa shape index (κ3) is 7.01. The molecule has 0 aliphatic heterocycles. The Labute approximate surface area is 174 Å². The van der Waals surface area contributed by atoms with Crippen molar-refractivity contribution in [2.24, 2.45) is 0 Å². The summed E-state index contributed by atoms with van der Waals surface area (Å²) in [6.07, 6.45) is 0. The molecule has 0 saturated heterocycles. The van der Waals surface area contributed by atoms with Crippen LogP contribution in [0.15, 0.2) is 78.9 Å². The highest BCUT2D eigenvalue weighted by Gasteiger charge is 2.07. The molecular formula is C23H23N3O2S. The van der Waals surface area contributed by atoms with Crippen LogP contribution >= 0.6 is 11.8 Å². The SMILES string of the molecule is Cc1cccc(NC(=O)CSCC(=O)Nc2ccc(Nc3ccccc3)cc2)c1. The van der Waals surface area contributed by atoms with E-state index in [4.69, 9.17) is 0 Å². The van der Waals surface area contributed by atoms with Crippen molar-refractivity contribution in [3.8, 4) is 0 Å². The van der Waals surface area contributed by atoms with E-state index in [1.807, 2.05) is 85.8 Å². The van der Waals surface area contributed by atoms with Crippen LogP contribution in [0.3, 0.4) is 0 Å². The fourth-order valence-corrected chi connectivity index (χ4v) is 3.30. The molecule has 0 bridgehead atoms. The van der Waals surface area contributed by atoms with Gasteiger partial charge in [-0.05, 0) is 61.0 Å². The first-order valence-corrected chi connectivity index (χ1v) is 10.4. The Morgan fingerprint density at radius 1 is 0.690 bits per heavy atom. The number of para-hydroxylation sites is 1. The molecule has 0 aromatic heterocycles. The number of carbonyl (C=O) groups excluding carboxylic acids is 2. The molecule has 6 heteroatoms. The molecule has 0 fully saturated rings. The van der Waals surface area contributed by atoms with E-state index in [9.17, 15) is 9.59 Å². The number of anilines is 4. The highest BCUT2D eigenvalue weighted by atomic mass is 32.2. The molecule has 5 nitrogen and oxygen atoms in total. The number of hydrogen-bond acceptors (Lipinski definition) is 4. The number of hydrogen-bond donors (Lipinski definition) is 3. The largest absolute Gasteiger partial charge is 0.356 e. The van der Waals surface area contributed by atoms with Gasteiger partial charge in [0.2, 0.25) is 11.8 Å². The first-order valence-electron chi connectivity index (χ1n) is 9.25. The standard InChI is InChI=1S/C23H23N3O2S/c1-17-6-5-9-21(14-17)26-23(28)16-29-15-22(27)25-20-12-10-19(11-13-20)24-18-7-3-2-4-8-18/h2-14,24H,15-16H2,1H3,(H,25,27)(H,26,28). The molecule has 0 radical (unpaired) electrons. The minimum absolute atomic E-state index is 0.121. The molecule has 0 spiro atoms. The molecule has 0 saturated carbocycles. The number of nitrogens with one attached hydrogen (secondary N) is 3. The van der Waals surface area contributed by atoms with Gasteiger partial charge in [0, 0.05) is 22.7 Å². The number of rotatable bonds is 8. The summed E-state index contributed by atoms with van der Waals surface area (Å²) < 4.78 is 0. The van der Waals surface area contributed by atoms with Gasteiger partial charge in [0.05, 0.1) is 11.5 Å². The summed E-state index contributed by atoms with van der Waals surface area (Å²) in [5, 5.41) is 8.97. The molecule has 3 aromatic rings. The van der Waals surface area contributed by atoms with Gasteiger partial charge >= 0.3 is 0 Å². The topological polar surface area (TPSA) is 70.2 Å². The minimum atomic E-state index is -0.137. The highest BCUT2D eigenvalue weighted by molar-refractivity contribution is 8.00. The van der Waals surface area contributed by atoms with Crippen LogP contribution in [-0.4, -0.2) is 23.3 Å². The third-order valence-corrected chi connectivity index (χ3v) is 4.93. The van der Waals surface area contributed by atoms with E-state index < -0.39 is 0 Å². The number of aryl methyl sites for hydroxylation is 1. The van der Waals surface area contributed by atoms with E-state index in [-0.39, 0.29) is 23.3 Å². The van der Waals surface area contributed by atoms with Gasteiger partial charge in [0.1, 0.15) is 0 Å². The van der Waals surface area contributed by atoms with Crippen LogP contribution in [-0.2, 0) is 9.59 Å². The summed E-state index contributed by atoms with van der Waals surface area (Å²) in [5.41, 5.74) is 4.52. The second kappa shape index (κ2) is 10.3. The van der Waals surface area contributed by atoms with Crippen molar-refractivity contribution in [2.75, 3.05) is 27.5 Å². The van der Waals surface area contributed by atoms with Crippen molar-refractivity contribution < 1.29 is 9.59 Å². The summed E-state index contributed by atoms with van der Waals surface area (Å²) in [4.78, 5) is 24.1. The van der Waals surface area contributed by atoms with Gasteiger partial charge in [-0.25, -0.2) is 0 Å². The summed E-state index contributed by atoms with van der Waals surface area (Å²) >= 11 is 1.28. The Morgan fingerprint density at radius 3 is 1.90 bits per heavy atom. The van der Waals surface area contributed by atoms with E-state index in [0.717, 1.165) is 28.3 Å². The minimum Gasteiger partial charge on any atom is -0.356 e. The summed E-state index contributed by atoms with van der Waals surface area (Å²) in [6.45, 7) is 1.97. The fourth-order valence-electron chi connectivity index (χ4n) is 2.68. The smallest absolute Gasteiger partial charge is 0.234 e. The zero-order valence-electron chi connectivity index (χ0n) is 16.1. The average Bonchev–Trinajstić information content (AvgIpc) is 2.70. The second-order valence-corrected chi connectivity index (χ2v) is 7.51. The summed E-state index contributed by atoms with van der Waals surface area (Å²) in [7, 11) is 0. The Kier molecular flexibility index (Phi) is 7.30. The molecule has 0 aliphatic rings. The lowest BCUT2D eigenvalue weighted by Crippen LogP contribution is -2.18. The van der Waals surface area contributed by atoms with Crippen LogP contribution < -0.4 is 16.0 Å². The molecule has 148 valence electrons. The average molecular weight is 406 g/mol. The maximum absolute atomic E-state index is 12.1. The van der Waals surface area contributed by atoms with E-state index >= 15 is 0 Å². The molecule has 0 heterocycles. The Morgan fingerprint density at radius 2 is 1.24 bits per heavy atom. The van der Waals surface area contributed by atoms with Gasteiger partial charge in [-0.15, -0.1) is 11.8 Å². The van der Waals surface area contributed by atoms with Crippen molar-refractivity contribution in [2.45, 2.75) is 6.92 Å². The third-order valence-electron chi connectivity index (χ3n) is 4.00. The summed E-state index contributed by atoms with van der Waals surface area (Å²) in [6, 6.07) is 25.0. The number of carbonyl (C=O) groups is 2. The van der Waals surface area contributed by atoms with Crippen LogP contribution in [0.5, 0.6) is 0 Å². The maximum atomic E-state index is 12.1. The molecule has 2 amide bonds. The lowest BCUT2D eigenvalue weighted by atomic mass is 10.2. The molecule has 0 atom stereocenters. The first kappa shape index (κ1) is 20.5. The molecule has 3 aromatic carbocycles. The van der Waals surface area contributed by atoms with Gasteiger partial charge in [-0.1, -0.05) is 30.3 Å². The van der Waals surface area contributed by atoms with Crippen molar-refractivity contribution in [3.05, 3.63) is 84.4 Å². The van der Waals surface area contributed by atoms with Crippen molar-refractivity contribution >= 4 is 46.3 Å². The second-order valence-electron chi connectivity index (χ2n) is 6.53. The number of amides is 2. The number of thioether (sulfide) groups is 1. The molecule has 3 N–H and O–H groups in total. The van der Waals surface area contributed by atoms with Crippen molar-refractivity contribution in [1.82, 2.24) is 0 Å². The van der Waals surface area contributed by atoms with Gasteiger partial charge < -0.3 is 16.0 Å². The summed E-state index contributed by atoms with van der Waals surface area (Å²) in [5.74, 6) is 0.180. The molecule has 0 aliphatic carbocycles. The predicted octanol–water partition coefficient (Wildman–Crippen LogP) is 5.05. The quantitative estimate of drug-likeness (QED) is 0.490. The Hall–Kier alpha value is -3.25. The zero-order chi connectivity index (χ0) is 20.5. The van der Waals surface area contributed by atoms with Crippen molar-refractivity contribution in [1.29, 1.82) is 0 Å². The van der Waals surface area contributed by atoms with Gasteiger partial charge in [-0.2, -0.15) is 0 Å². The van der Waals surface area contributed by atoms with Crippen molar-refractivity contribution in [3.63, 3.8) is 0 Å². The van der Waals surface area contributed by atoms with Gasteiger partial charge in [-0.3, -0.25) is 9.59 Å². The lowest BCUT2D eigenvalue weighted by Gasteiger charge is -2.09. The molecule has 3 rings (SSSR count). The molecule has 0 unspecified atom stereocenters. The Bertz CT molecular complexity index is 959. The lowest BCUT2D eigenvalue weighted by molar-refractivity contribution is -0.114. The van der Waals surface area contributed by atoms with Crippen LogP contribution in [0.2, 0.25) is 0 Å². The maximum Gasteiger partial charge on any atom is 0.234 e. The molecule has 29 heavy (non-hydrogen) atoms. The van der Waals surface area contributed by atoms with Crippen LogP contribution in [0, 0.1) is 6.92 Å². The van der Waals surface area contributed by atoms with Crippen LogP contribution in [0.1, 0.15) is 5.56 Å². The van der Waals surface area contributed by atoms with Crippen LogP contribution in [0.4, 0.5) is 22.7 Å². The van der Waals surface area contributed by atoms with Gasteiger partial charge in [0.15, 0.2) is 0 Å². The number of benzene rings is 3. The molecular weight excluding hydrogens is 382 g/mol. The van der Waals surface area contributed by atoms with E-state index in [1.165, 1.54) is 11.8 Å². The monoisotopic (exact) mass is 405 g/mol. The van der Waals surface area contributed by atoms with E-state index in [1.54, 1.807) is 0 Å². The van der Waals surface area contributed by atoms with Gasteiger partial charge in [0.25, 0.3) is 0 Å². The predicted molar refractivity (Wildman–Crippen MR) is 122 cm³/mol. The normalized spacial score (nSPS) is 10.2. The Balaban J connectivity index is 1.39. The first-order chi connectivity index (χ1) is 14.1. The zero-order valence-corrected chi connectivity index (χ0v) is 17.0. The highest BCUT2D eigenvalue weighted by Crippen LogP contribution is 2.19. The van der Waals surface area contributed by atoms with E-state index in [0.29, 0.717) is 0 Å². The van der Waals surface area contributed by atoms with E-state index in [2.05, 4.69) is 16.0 Å². The van der Waals surface area contributed by atoms with Crippen LogP contribution in [0.25, 0.3) is 0 Å².